The highest BCUT2D eigenvalue weighted by Gasteiger charge is 2.26. The van der Waals surface area contributed by atoms with Crippen LogP contribution in [0.1, 0.15) is 67.1 Å². The fraction of sp³-hybridized carbons (Fsp3) is 0.800. The SMILES string of the molecule is CCCNCC1CCCc2sc(C(CC)OC)nc21. The van der Waals surface area contributed by atoms with Gasteiger partial charge in [-0.2, -0.15) is 0 Å². The van der Waals surface area contributed by atoms with E-state index in [9.17, 15) is 0 Å². The predicted octanol–water partition coefficient (Wildman–Crippen LogP) is 3.66. The maximum atomic E-state index is 5.53. The molecular formula is C15H26N2OS. The summed E-state index contributed by atoms with van der Waals surface area (Å²) in [4.78, 5) is 6.41. The van der Waals surface area contributed by atoms with E-state index < -0.39 is 0 Å². The van der Waals surface area contributed by atoms with Gasteiger partial charge in [-0.25, -0.2) is 4.98 Å². The third-order valence-corrected chi connectivity index (χ3v) is 5.06. The number of nitrogens with one attached hydrogen (secondary N) is 1. The van der Waals surface area contributed by atoms with Crippen molar-refractivity contribution in [3.63, 3.8) is 0 Å². The molecule has 108 valence electrons. The molecule has 0 saturated heterocycles. The lowest BCUT2D eigenvalue weighted by Gasteiger charge is -2.21. The number of nitrogens with zero attached hydrogens (tertiary/aromatic N) is 1. The summed E-state index contributed by atoms with van der Waals surface area (Å²) in [5.74, 6) is 0.606. The minimum absolute atomic E-state index is 0.180. The second-order valence-corrected chi connectivity index (χ2v) is 6.40. The molecule has 1 aromatic heterocycles. The minimum Gasteiger partial charge on any atom is -0.374 e. The van der Waals surface area contributed by atoms with Gasteiger partial charge in [0.15, 0.2) is 0 Å². The van der Waals surface area contributed by atoms with Crippen molar-refractivity contribution in [1.82, 2.24) is 10.3 Å². The number of methoxy groups -OCH3 is 1. The highest BCUT2D eigenvalue weighted by atomic mass is 32.1. The van der Waals surface area contributed by atoms with Crippen LogP contribution in [-0.4, -0.2) is 25.2 Å². The molecule has 2 unspecified atom stereocenters. The van der Waals surface area contributed by atoms with Crippen LogP contribution >= 0.6 is 11.3 Å². The molecule has 1 heterocycles. The van der Waals surface area contributed by atoms with Crippen LogP contribution < -0.4 is 5.32 Å². The first kappa shape index (κ1) is 14.9. The number of aryl methyl sites for hydroxylation is 1. The number of rotatable bonds is 7. The van der Waals surface area contributed by atoms with Gasteiger partial charge in [0.2, 0.25) is 0 Å². The van der Waals surface area contributed by atoms with Gasteiger partial charge in [-0.1, -0.05) is 13.8 Å². The summed E-state index contributed by atoms with van der Waals surface area (Å²) >= 11 is 1.87. The Morgan fingerprint density at radius 2 is 2.32 bits per heavy atom. The highest BCUT2D eigenvalue weighted by molar-refractivity contribution is 7.11. The lowest BCUT2D eigenvalue weighted by atomic mass is 9.91. The second-order valence-electron chi connectivity index (χ2n) is 5.29. The van der Waals surface area contributed by atoms with Gasteiger partial charge in [-0.3, -0.25) is 0 Å². The minimum atomic E-state index is 0.180. The van der Waals surface area contributed by atoms with Crippen molar-refractivity contribution in [2.24, 2.45) is 0 Å². The normalized spacial score (nSPS) is 20.3. The van der Waals surface area contributed by atoms with Gasteiger partial charge in [0, 0.05) is 24.4 Å². The monoisotopic (exact) mass is 282 g/mol. The molecule has 0 bridgehead atoms. The summed E-state index contributed by atoms with van der Waals surface area (Å²) in [5, 5.41) is 4.72. The van der Waals surface area contributed by atoms with Gasteiger partial charge < -0.3 is 10.1 Å². The van der Waals surface area contributed by atoms with E-state index in [2.05, 4.69) is 19.2 Å². The van der Waals surface area contributed by atoms with Gasteiger partial charge in [0.25, 0.3) is 0 Å². The zero-order valence-electron chi connectivity index (χ0n) is 12.4. The van der Waals surface area contributed by atoms with Crippen LogP contribution in [0.3, 0.4) is 0 Å². The van der Waals surface area contributed by atoms with Crippen LogP contribution in [0.4, 0.5) is 0 Å². The molecule has 0 radical (unpaired) electrons. The van der Waals surface area contributed by atoms with Crippen molar-refractivity contribution < 1.29 is 4.74 Å². The van der Waals surface area contributed by atoms with Crippen molar-refractivity contribution >= 4 is 11.3 Å². The van der Waals surface area contributed by atoms with Crippen molar-refractivity contribution in [3.8, 4) is 0 Å². The third-order valence-electron chi connectivity index (χ3n) is 3.84. The number of ether oxygens (including phenoxy) is 1. The van der Waals surface area contributed by atoms with Crippen molar-refractivity contribution in [3.05, 3.63) is 15.6 Å². The molecule has 0 amide bonds. The molecule has 2 atom stereocenters. The molecule has 0 spiro atoms. The van der Waals surface area contributed by atoms with Crippen molar-refractivity contribution in [2.75, 3.05) is 20.2 Å². The van der Waals surface area contributed by atoms with Crippen LogP contribution in [0.2, 0.25) is 0 Å². The van der Waals surface area contributed by atoms with E-state index in [4.69, 9.17) is 9.72 Å². The Morgan fingerprint density at radius 3 is 3.00 bits per heavy atom. The molecule has 0 saturated carbocycles. The first-order chi connectivity index (χ1) is 9.30. The Labute approximate surface area is 120 Å². The highest BCUT2D eigenvalue weighted by Crippen LogP contribution is 2.37. The molecular weight excluding hydrogens is 256 g/mol. The molecule has 3 nitrogen and oxygen atoms in total. The summed E-state index contributed by atoms with van der Waals surface area (Å²) in [5.41, 5.74) is 1.35. The summed E-state index contributed by atoms with van der Waals surface area (Å²) < 4.78 is 5.53. The Morgan fingerprint density at radius 1 is 1.47 bits per heavy atom. The van der Waals surface area contributed by atoms with E-state index in [1.165, 1.54) is 41.3 Å². The fourth-order valence-electron chi connectivity index (χ4n) is 2.76. The van der Waals surface area contributed by atoms with Gasteiger partial charge in [-0.05, 0) is 38.6 Å². The van der Waals surface area contributed by atoms with Crippen LogP contribution in [0, 0.1) is 0 Å². The largest absolute Gasteiger partial charge is 0.374 e. The lowest BCUT2D eigenvalue weighted by Crippen LogP contribution is -2.24. The Balaban J connectivity index is 2.10. The first-order valence-electron chi connectivity index (χ1n) is 7.53. The molecule has 1 aromatic rings. The van der Waals surface area contributed by atoms with Crippen LogP contribution in [0.25, 0.3) is 0 Å². The molecule has 2 rings (SSSR count). The predicted molar refractivity (Wildman–Crippen MR) is 81.0 cm³/mol. The molecule has 1 aliphatic rings. The van der Waals surface area contributed by atoms with Crippen LogP contribution in [0.15, 0.2) is 0 Å². The number of hydrogen-bond acceptors (Lipinski definition) is 4. The maximum absolute atomic E-state index is 5.53. The molecule has 1 aliphatic carbocycles. The van der Waals surface area contributed by atoms with Gasteiger partial charge in [0.1, 0.15) is 11.1 Å². The zero-order chi connectivity index (χ0) is 13.7. The standard InChI is InChI=1S/C15H26N2OS/c1-4-9-16-10-11-7-6-8-13-14(11)17-15(19-13)12(5-2)18-3/h11-12,16H,4-10H2,1-3H3. The summed E-state index contributed by atoms with van der Waals surface area (Å²) in [6.45, 7) is 6.56. The molecule has 0 aliphatic heterocycles. The summed E-state index contributed by atoms with van der Waals surface area (Å²) in [7, 11) is 1.79. The van der Waals surface area contributed by atoms with E-state index in [0.29, 0.717) is 5.92 Å². The quantitative estimate of drug-likeness (QED) is 0.775. The van der Waals surface area contributed by atoms with Gasteiger partial charge in [-0.15, -0.1) is 11.3 Å². The summed E-state index contributed by atoms with van der Waals surface area (Å²) in [6, 6.07) is 0. The average Bonchev–Trinajstić information content (AvgIpc) is 2.85. The molecule has 1 N–H and O–H groups in total. The topological polar surface area (TPSA) is 34.1 Å². The number of fused-ring (bicyclic) bond motifs is 1. The smallest absolute Gasteiger partial charge is 0.122 e. The number of aromatic nitrogens is 1. The van der Waals surface area contributed by atoms with Crippen molar-refractivity contribution in [2.45, 2.75) is 58.0 Å². The molecule has 19 heavy (non-hydrogen) atoms. The Hall–Kier alpha value is -0.450. The van der Waals surface area contributed by atoms with Gasteiger partial charge >= 0.3 is 0 Å². The van der Waals surface area contributed by atoms with E-state index in [1.54, 1.807) is 7.11 Å². The van der Waals surface area contributed by atoms with Gasteiger partial charge in [0.05, 0.1) is 5.69 Å². The molecule has 4 heteroatoms. The first-order valence-corrected chi connectivity index (χ1v) is 8.34. The Kier molecular flexibility index (Phi) is 5.79. The van der Waals surface area contributed by atoms with E-state index in [1.807, 2.05) is 11.3 Å². The van der Waals surface area contributed by atoms with Crippen LogP contribution in [-0.2, 0) is 11.2 Å². The van der Waals surface area contributed by atoms with Crippen molar-refractivity contribution in [1.29, 1.82) is 0 Å². The van der Waals surface area contributed by atoms with E-state index >= 15 is 0 Å². The molecule has 0 aromatic carbocycles. The summed E-state index contributed by atoms with van der Waals surface area (Å²) in [6.07, 6.45) is 6.16. The maximum Gasteiger partial charge on any atom is 0.122 e. The lowest BCUT2D eigenvalue weighted by molar-refractivity contribution is 0.0996. The van der Waals surface area contributed by atoms with E-state index in [-0.39, 0.29) is 6.10 Å². The van der Waals surface area contributed by atoms with Crippen LogP contribution in [0.5, 0.6) is 0 Å². The number of thiazole rings is 1. The zero-order valence-corrected chi connectivity index (χ0v) is 13.2. The molecule has 0 fully saturated rings. The average molecular weight is 282 g/mol. The number of hydrogen-bond donors (Lipinski definition) is 1. The Bertz CT molecular complexity index is 387. The fourth-order valence-corrected chi connectivity index (χ4v) is 4.11. The van der Waals surface area contributed by atoms with E-state index in [0.717, 1.165) is 19.5 Å². The second kappa shape index (κ2) is 7.36. The third kappa shape index (κ3) is 3.56.